The zero-order valence-electron chi connectivity index (χ0n) is 27.1. The number of likely N-dealkylation sites (tertiary alicyclic amines) is 1. The SMILES string of the molecule is CN1C[C@H](C(=O)N[C@@]2(C)O[C@@]3(O)C4CCCN4C(=O)C(Cc4ccccc4)N3C2=O)C[C@H]2c3cccc4[nH]cc(c34)C[C@H]21.CS(=O)(=O)O. The highest BCUT2D eigenvalue weighted by Crippen LogP contribution is 2.47. The van der Waals surface area contributed by atoms with Gasteiger partial charge in [0.25, 0.3) is 21.9 Å². The van der Waals surface area contributed by atoms with Crippen molar-refractivity contribution < 1.29 is 37.2 Å². The number of nitrogens with one attached hydrogen (secondary N) is 2. The molecule has 14 heteroatoms. The number of aromatic amines is 1. The fourth-order valence-corrected chi connectivity index (χ4v) is 8.65. The van der Waals surface area contributed by atoms with E-state index in [0.29, 0.717) is 38.6 Å². The molecule has 48 heavy (non-hydrogen) atoms. The molecule has 7 atom stereocenters. The lowest BCUT2D eigenvalue weighted by atomic mass is 9.72. The summed E-state index contributed by atoms with van der Waals surface area (Å²) in [7, 11) is -1.61. The molecule has 5 heterocycles. The van der Waals surface area contributed by atoms with Gasteiger partial charge in [-0.1, -0.05) is 42.5 Å². The number of H-pyrrole nitrogens is 1. The van der Waals surface area contributed by atoms with Crippen molar-refractivity contribution in [2.75, 3.05) is 26.4 Å². The molecule has 1 aliphatic carbocycles. The Hall–Kier alpha value is -3.82. The maximum absolute atomic E-state index is 14.2. The molecule has 1 aromatic heterocycles. The van der Waals surface area contributed by atoms with E-state index in [1.54, 1.807) is 4.90 Å². The maximum atomic E-state index is 14.2. The molecule has 5 aliphatic rings. The molecule has 4 N–H and O–H groups in total. The number of likely N-dealkylation sites (N-methyl/N-ethyl adjacent to an activating group) is 1. The number of carbonyl (C=O) groups excluding carboxylic acids is 3. The normalized spacial score (nSPS) is 32.7. The average Bonchev–Trinajstić information content (AvgIpc) is 3.73. The molecule has 2 aromatic carbocycles. The van der Waals surface area contributed by atoms with Gasteiger partial charge in [-0.05, 0) is 62.4 Å². The molecular weight excluding hydrogens is 638 g/mol. The van der Waals surface area contributed by atoms with Crippen LogP contribution in [-0.2, 0) is 42.1 Å². The summed E-state index contributed by atoms with van der Waals surface area (Å²) < 4.78 is 32.1. The largest absolute Gasteiger partial charge is 0.361 e. The summed E-state index contributed by atoms with van der Waals surface area (Å²) in [5.74, 6) is -3.31. The fraction of sp³-hybridized carbons (Fsp3) is 0.500. The Morgan fingerprint density at radius 3 is 2.60 bits per heavy atom. The molecule has 8 rings (SSSR count). The number of fused-ring (bicyclic) bond motifs is 5. The third kappa shape index (κ3) is 5.49. The highest BCUT2D eigenvalue weighted by molar-refractivity contribution is 7.85. The number of benzene rings is 2. The fourth-order valence-electron chi connectivity index (χ4n) is 8.65. The van der Waals surface area contributed by atoms with Crippen LogP contribution >= 0.6 is 0 Å². The molecule has 13 nitrogen and oxygen atoms in total. The van der Waals surface area contributed by atoms with Gasteiger partial charge in [0.1, 0.15) is 12.1 Å². The van der Waals surface area contributed by atoms with Crippen molar-refractivity contribution in [3.8, 4) is 0 Å². The van der Waals surface area contributed by atoms with Crippen LogP contribution in [0, 0.1) is 5.92 Å². The Morgan fingerprint density at radius 1 is 1.15 bits per heavy atom. The van der Waals surface area contributed by atoms with E-state index >= 15 is 0 Å². The second-order valence-corrected chi connectivity index (χ2v) is 15.4. The number of hydrogen-bond acceptors (Lipinski definition) is 8. The lowest BCUT2D eigenvalue weighted by Gasteiger charge is -2.48. The Labute approximate surface area is 279 Å². The van der Waals surface area contributed by atoms with Crippen LogP contribution in [-0.4, -0.2) is 112 Å². The van der Waals surface area contributed by atoms with Crippen LogP contribution in [0.1, 0.15) is 48.8 Å². The summed E-state index contributed by atoms with van der Waals surface area (Å²) >= 11 is 0. The van der Waals surface area contributed by atoms with Gasteiger partial charge in [-0.3, -0.25) is 28.6 Å². The van der Waals surface area contributed by atoms with Gasteiger partial charge in [-0.2, -0.15) is 8.42 Å². The summed E-state index contributed by atoms with van der Waals surface area (Å²) in [5.41, 5.74) is 2.74. The maximum Gasteiger partial charge on any atom is 0.280 e. The van der Waals surface area contributed by atoms with Crippen molar-refractivity contribution in [3.63, 3.8) is 0 Å². The molecule has 3 amide bonds. The molecule has 0 radical (unpaired) electrons. The van der Waals surface area contributed by atoms with Gasteiger partial charge in [0.2, 0.25) is 17.5 Å². The van der Waals surface area contributed by atoms with E-state index in [1.165, 1.54) is 28.3 Å². The molecule has 0 spiro atoms. The summed E-state index contributed by atoms with van der Waals surface area (Å²) in [5, 5.41) is 16.2. The van der Waals surface area contributed by atoms with Crippen LogP contribution in [0.5, 0.6) is 0 Å². The molecule has 2 unspecified atom stereocenters. The molecular formula is C34H41N5O8S. The number of hydrogen-bond donors (Lipinski definition) is 4. The van der Waals surface area contributed by atoms with Crippen LogP contribution in [0.4, 0.5) is 0 Å². The van der Waals surface area contributed by atoms with Gasteiger partial charge in [-0.25, -0.2) is 0 Å². The zero-order valence-corrected chi connectivity index (χ0v) is 27.9. The summed E-state index contributed by atoms with van der Waals surface area (Å²) in [6.45, 7) is 2.56. The molecule has 0 saturated carbocycles. The first-order valence-corrected chi connectivity index (χ1v) is 18.2. The number of amides is 3. The minimum Gasteiger partial charge on any atom is -0.361 e. The highest BCUT2D eigenvalue weighted by Gasteiger charge is 2.70. The molecule has 256 valence electrons. The van der Waals surface area contributed by atoms with Crippen molar-refractivity contribution in [1.29, 1.82) is 0 Å². The highest BCUT2D eigenvalue weighted by atomic mass is 32.2. The zero-order chi connectivity index (χ0) is 34.2. The third-order valence-electron chi connectivity index (χ3n) is 10.6. The topological polar surface area (TPSA) is 173 Å². The second-order valence-electron chi connectivity index (χ2n) is 13.9. The van der Waals surface area contributed by atoms with Crippen molar-refractivity contribution in [1.82, 2.24) is 25.0 Å². The Kier molecular flexibility index (Phi) is 7.94. The first-order chi connectivity index (χ1) is 22.7. The molecule has 3 aromatic rings. The van der Waals surface area contributed by atoms with Gasteiger partial charge in [0.05, 0.1) is 12.2 Å². The van der Waals surface area contributed by atoms with Crippen molar-refractivity contribution in [2.24, 2.45) is 5.92 Å². The smallest absolute Gasteiger partial charge is 0.280 e. The Balaban J connectivity index is 0.000000681. The first-order valence-electron chi connectivity index (χ1n) is 16.3. The predicted molar refractivity (Wildman–Crippen MR) is 175 cm³/mol. The quantitative estimate of drug-likeness (QED) is 0.299. The number of piperidine rings is 1. The van der Waals surface area contributed by atoms with Gasteiger partial charge >= 0.3 is 0 Å². The molecule has 4 fully saturated rings. The predicted octanol–water partition coefficient (Wildman–Crippen LogP) is 1.59. The van der Waals surface area contributed by atoms with E-state index in [1.807, 2.05) is 30.3 Å². The molecule has 4 aliphatic heterocycles. The minimum atomic E-state index is -3.67. The standard InChI is InChI=1S/C33H37N5O5.CH4O3S/c1-32(35-29(39)21-15-23-22-10-6-11-24-28(22)20(17-34-24)16-25(23)36(2)18-21)31(41)38-26(14-19-8-4-3-5-9-19)30(40)37-13-7-12-27(37)33(38,42)43-32;1-5(2,3)4/h3-6,8-11,17,21,23,25-27,34,42H,7,12-16,18H2,1-2H3,(H,35,39);1H3,(H,2,3,4)/t21-,23+,25-,26?,27?,32+,33+;/m1./s1. The summed E-state index contributed by atoms with van der Waals surface area (Å²) in [4.78, 5) is 50.4. The van der Waals surface area contributed by atoms with Crippen molar-refractivity contribution in [2.45, 2.75) is 74.7 Å². The number of nitrogens with zero attached hydrogens (tertiary/aromatic N) is 3. The van der Waals surface area contributed by atoms with E-state index in [9.17, 15) is 27.9 Å². The Bertz CT molecular complexity index is 1880. The number of aliphatic hydroxyl groups is 1. The van der Waals surface area contributed by atoms with E-state index in [0.717, 1.165) is 17.5 Å². The number of aromatic nitrogens is 1. The van der Waals surface area contributed by atoms with Gasteiger partial charge < -0.3 is 25.2 Å². The van der Waals surface area contributed by atoms with Crippen LogP contribution in [0.25, 0.3) is 10.9 Å². The van der Waals surface area contributed by atoms with Crippen LogP contribution in [0.3, 0.4) is 0 Å². The van der Waals surface area contributed by atoms with Crippen LogP contribution in [0.15, 0.2) is 54.7 Å². The first kappa shape index (κ1) is 32.7. The number of ether oxygens (including phenoxy) is 1. The van der Waals surface area contributed by atoms with Crippen molar-refractivity contribution >= 4 is 38.7 Å². The van der Waals surface area contributed by atoms with Gasteiger partial charge in [0, 0.05) is 48.6 Å². The lowest BCUT2D eigenvalue weighted by Crippen LogP contribution is -2.71. The van der Waals surface area contributed by atoms with Gasteiger partial charge in [0.15, 0.2) is 0 Å². The summed E-state index contributed by atoms with van der Waals surface area (Å²) in [6.07, 6.45) is 5.84. The minimum absolute atomic E-state index is 0.171. The molecule has 4 saturated heterocycles. The Morgan fingerprint density at radius 2 is 1.88 bits per heavy atom. The van der Waals surface area contributed by atoms with Crippen molar-refractivity contribution in [3.05, 3.63) is 71.4 Å². The molecule has 0 bridgehead atoms. The van der Waals surface area contributed by atoms with E-state index in [-0.39, 0.29) is 36.1 Å². The van der Waals surface area contributed by atoms with E-state index < -0.39 is 39.7 Å². The average molecular weight is 680 g/mol. The second kappa shape index (κ2) is 11.7. The van der Waals surface area contributed by atoms with E-state index in [4.69, 9.17) is 9.29 Å². The van der Waals surface area contributed by atoms with Gasteiger partial charge in [-0.15, -0.1) is 0 Å². The number of carbonyl (C=O) groups is 3. The van der Waals surface area contributed by atoms with E-state index in [2.05, 4.69) is 46.6 Å². The van der Waals surface area contributed by atoms with Crippen LogP contribution in [0.2, 0.25) is 0 Å². The lowest BCUT2D eigenvalue weighted by molar-refractivity contribution is -0.315. The number of rotatable bonds is 4. The third-order valence-corrected chi connectivity index (χ3v) is 10.6. The monoisotopic (exact) mass is 679 g/mol. The summed E-state index contributed by atoms with van der Waals surface area (Å²) in [6, 6.07) is 14.4. The van der Waals surface area contributed by atoms with Crippen LogP contribution < -0.4 is 5.32 Å². The number of piperazine rings is 1.